The van der Waals surface area contributed by atoms with Gasteiger partial charge in [-0.3, -0.25) is 9.59 Å². The Labute approximate surface area is 158 Å². The van der Waals surface area contributed by atoms with Crippen LogP contribution in [0.1, 0.15) is 5.56 Å². The van der Waals surface area contributed by atoms with Gasteiger partial charge in [-0.15, -0.1) is 0 Å². The first-order chi connectivity index (χ1) is 13.0. The van der Waals surface area contributed by atoms with Crippen LogP contribution in [0.25, 0.3) is 11.0 Å². The molecule has 27 heavy (non-hydrogen) atoms. The third-order valence-corrected chi connectivity index (χ3v) is 4.00. The quantitative estimate of drug-likeness (QED) is 0.643. The zero-order chi connectivity index (χ0) is 19.4. The number of fused-ring (bicyclic) bond motifs is 1. The lowest BCUT2D eigenvalue weighted by Crippen LogP contribution is -2.22. The van der Waals surface area contributed by atoms with Crippen molar-refractivity contribution in [1.82, 2.24) is 0 Å². The first-order valence-corrected chi connectivity index (χ1v) is 8.28. The predicted molar refractivity (Wildman–Crippen MR) is 97.5 cm³/mol. The Kier molecular flexibility index (Phi) is 5.61. The molecular formula is C19H15ClFNO5. The van der Waals surface area contributed by atoms with E-state index < -0.39 is 24.3 Å². The van der Waals surface area contributed by atoms with Crippen molar-refractivity contribution in [1.29, 1.82) is 0 Å². The van der Waals surface area contributed by atoms with Gasteiger partial charge in [0.1, 0.15) is 17.1 Å². The van der Waals surface area contributed by atoms with Crippen molar-refractivity contribution in [2.75, 3.05) is 19.0 Å². The van der Waals surface area contributed by atoms with Crippen LogP contribution in [-0.4, -0.2) is 25.6 Å². The molecule has 0 fully saturated rings. The zero-order valence-corrected chi connectivity index (χ0v) is 15.0. The summed E-state index contributed by atoms with van der Waals surface area (Å²) in [5.41, 5.74) is 1.16. The number of amides is 1. The van der Waals surface area contributed by atoms with Gasteiger partial charge >= 0.3 is 5.97 Å². The van der Waals surface area contributed by atoms with E-state index in [0.717, 1.165) is 11.5 Å². The third-order valence-electron chi connectivity index (χ3n) is 3.77. The first kappa shape index (κ1) is 18.7. The predicted octanol–water partition coefficient (Wildman–Crippen LogP) is 3.96. The molecule has 0 radical (unpaired) electrons. The molecule has 8 heteroatoms. The summed E-state index contributed by atoms with van der Waals surface area (Å²) in [6, 6.07) is 9.06. The summed E-state index contributed by atoms with van der Waals surface area (Å²) >= 11 is 5.65. The minimum absolute atomic E-state index is 0.0461. The van der Waals surface area contributed by atoms with Gasteiger partial charge in [0.05, 0.1) is 25.5 Å². The lowest BCUT2D eigenvalue weighted by Gasteiger charge is -2.07. The molecule has 1 amide bonds. The van der Waals surface area contributed by atoms with Crippen LogP contribution in [0, 0.1) is 5.82 Å². The van der Waals surface area contributed by atoms with Crippen molar-refractivity contribution in [3.8, 4) is 5.75 Å². The zero-order valence-electron chi connectivity index (χ0n) is 14.3. The number of ether oxygens (including phenoxy) is 2. The molecule has 0 atom stereocenters. The summed E-state index contributed by atoms with van der Waals surface area (Å²) in [5, 5.41) is 3.27. The monoisotopic (exact) mass is 391 g/mol. The number of esters is 1. The fraction of sp³-hybridized carbons (Fsp3) is 0.158. The smallest absolute Gasteiger partial charge is 0.310 e. The lowest BCUT2D eigenvalue weighted by molar-refractivity contribution is -0.146. The van der Waals surface area contributed by atoms with E-state index in [-0.39, 0.29) is 17.1 Å². The highest BCUT2D eigenvalue weighted by Gasteiger charge is 2.14. The maximum atomic E-state index is 13.6. The van der Waals surface area contributed by atoms with Crippen LogP contribution in [0.15, 0.2) is 47.1 Å². The summed E-state index contributed by atoms with van der Waals surface area (Å²) in [6.45, 7) is -0.537. The number of anilines is 1. The number of hydrogen-bond donors (Lipinski definition) is 1. The Bertz CT molecular complexity index is 1000. The van der Waals surface area contributed by atoms with E-state index in [1.54, 1.807) is 25.3 Å². The highest BCUT2D eigenvalue weighted by molar-refractivity contribution is 6.30. The molecule has 0 spiro atoms. The molecule has 0 saturated heterocycles. The fourth-order valence-electron chi connectivity index (χ4n) is 2.46. The summed E-state index contributed by atoms with van der Waals surface area (Å²) in [6.07, 6.45) is 1.39. The normalized spacial score (nSPS) is 10.6. The van der Waals surface area contributed by atoms with Gasteiger partial charge in [-0.25, -0.2) is 4.39 Å². The standard InChI is InChI=1S/C19H15ClFNO5/c1-25-13-3-4-14-11(9-26-17(14)8-13)6-19(24)27-10-18(23)22-16-5-2-12(20)7-15(16)21/h2-5,7-9H,6,10H2,1H3,(H,22,23). The number of hydrogen-bond acceptors (Lipinski definition) is 5. The van der Waals surface area contributed by atoms with Crippen molar-refractivity contribution < 1.29 is 27.9 Å². The molecule has 1 heterocycles. The van der Waals surface area contributed by atoms with Gasteiger partial charge in [0.15, 0.2) is 6.61 Å². The van der Waals surface area contributed by atoms with E-state index in [0.29, 0.717) is 16.9 Å². The highest BCUT2D eigenvalue weighted by atomic mass is 35.5. The minimum atomic E-state index is -0.678. The maximum Gasteiger partial charge on any atom is 0.310 e. The second-order valence-electron chi connectivity index (χ2n) is 5.63. The Morgan fingerprint density at radius 1 is 1.22 bits per heavy atom. The Morgan fingerprint density at radius 2 is 2.04 bits per heavy atom. The topological polar surface area (TPSA) is 77.8 Å². The molecule has 0 aliphatic heterocycles. The molecule has 3 rings (SSSR count). The number of nitrogens with one attached hydrogen (secondary N) is 1. The molecule has 6 nitrogen and oxygen atoms in total. The van der Waals surface area contributed by atoms with Crippen molar-refractivity contribution in [2.24, 2.45) is 0 Å². The largest absolute Gasteiger partial charge is 0.497 e. The molecule has 2 aromatic carbocycles. The van der Waals surface area contributed by atoms with Crippen molar-refractivity contribution in [2.45, 2.75) is 6.42 Å². The molecule has 0 aliphatic carbocycles. The van der Waals surface area contributed by atoms with E-state index >= 15 is 0 Å². The average Bonchev–Trinajstić information content (AvgIpc) is 3.04. The Hall–Kier alpha value is -3.06. The molecule has 0 bridgehead atoms. The van der Waals surface area contributed by atoms with Crippen molar-refractivity contribution >= 4 is 40.1 Å². The molecule has 1 aromatic heterocycles. The number of methoxy groups -OCH3 is 1. The Balaban J connectivity index is 1.56. The van der Waals surface area contributed by atoms with E-state index in [9.17, 15) is 14.0 Å². The molecule has 0 saturated carbocycles. The van der Waals surface area contributed by atoms with Crippen molar-refractivity contribution in [3.63, 3.8) is 0 Å². The molecular weight excluding hydrogens is 377 g/mol. The van der Waals surface area contributed by atoms with Gasteiger partial charge in [-0.05, 0) is 30.3 Å². The molecule has 3 aromatic rings. The Morgan fingerprint density at radius 3 is 2.78 bits per heavy atom. The van der Waals surface area contributed by atoms with Crippen LogP contribution in [0.5, 0.6) is 5.75 Å². The molecule has 0 aliphatic rings. The summed E-state index contributed by atoms with van der Waals surface area (Å²) in [5.74, 6) is -1.31. The van der Waals surface area contributed by atoms with Gasteiger partial charge in [-0.2, -0.15) is 0 Å². The average molecular weight is 392 g/mol. The van der Waals surface area contributed by atoms with E-state index in [2.05, 4.69) is 5.32 Å². The van der Waals surface area contributed by atoms with E-state index in [1.807, 2.05) is 0 Å². The number of rotatable bonds is 6. The van der Waals surface area contributed by atoms with Crippen LogP contribution < -0.4 is 10.1 Å². The number of carbonyl (C=O) groups is 2. The van der Waals surface area contributed by atoms with Crippen molar-refractivity contribution in [3.05, 3.63) is 59.1 Å². The highest BCUT2D eigenvalue weighted by Crippen LogP contribution is 2.26. The summed E-state index contributed by atoms with van der Waals surface area (Å²) in [7, 11) is 1.54. The SMILES string of the molecule is COc1ccc2c(CC(=O)OCC(=O)Nc3ccc(Cl)cc3F)coc2c1. The van der Waals surface area contributed by atoms with Gasteiger partial charge in [0.25, 0.3) is 5.91 Å². The van der Waals surface area contributed by atoms with E-state index in [1.165, 1.54) is 18.4 Å². The molecule has 140 valence electrons. The fourth-order valence-corrected chi connectivity index (χ4v) is 2.62. The summed E-state index contributed by atoms with van der Waals surface area (Å²) < 4.78 is 29.1. The van der Waals surface area contributed by atoms with Crippen LogP contribution in [0.3, 0.4) is 0 Å². The van der Waals surface area contributed by atoms with Crippen LogP contribution in [0.2, 0.25) is 5.02 Å². The lowest BCUT2D eigenvalue weighted by atomic mass is 10.1. The van der Waals surface area contributed by atoms with E-state index in [4.69, 9.17) is 25.5 Å². The maximum absolute atomic E-state index is 13.6. The minimum Gasteiger partial charge on any atom is -0.497 e. The number of halogens is 2. The first-order valence-electron chi connectivity index (χ1n) is 7.91. The van der Waals surface area contributed by atoms with Gasteiger partial charge in [-0.1, -0.05) is 11.6 Å². The van der Waals surface area contributed by atoms with Crippen LogP contribution in [-0.2, 0) is 20.7 Å². The molecule has 0 unspecified atom stereocenters. The second kappa shape index (κ2) is 8.09. The van der Waals surface area contributed by atoms with Crippen LogP contribution in [0.4, 0.5) is 10.1 Å². The third kappa shape index (κ3) is 4.57. The number of benzene rings is 2. The number of carbonyl (C=O) groups excluding carboxylic acids is 2. The molecule has 1 N–H and O–H groups in total. The van der Waals surface area contributed by atoms with Gasteiger partial charge in [0, 0.05) is 22.0 Å². The second-order valence-corrected chi connectivity index (χ2v) is 6.07. The van der Waals surface area contributed by atoms with Gasteiger partial charge < -0.3 is 19.2 Å². The van der Waals surface area contributed by atoms with Crippen LogP contribution >= 0.6 is 11.6 Å². The summed E-state index contributed by atoms with van der Waals surface area (Å²) in [4.78, 5) is 23.8. The number of furan rings is 1. The van der Waals surface area contributed by atoms with Gasteiger partial charge in [0.2, 0.25) is 0 Å².